The molecular formula is C20H24N4O4. The zero-order valence-corrected chi connectivity index (χ0v) is 16.1. The molecule has 1 fully saturated rings. The Kier molecular flexibility index (Phi) is 5.02. The fourth-order valence-electron chi connectivity index (χ4n) is 4.03. The van der Waals surface area contributed by atoms with Crippen molar-refractivity contribution in [3.63, 3.8) is 0 Å². The maximum absolute atomic E-state index is 13.2. The molecule has 3 heterocycles. The Balaban J connectivity index is 1.43. The average Bonchev–Trinajstić information content (AvgIpc) is 3.11. The van der Waals surface area contributed by atoms with Crippen LogP contribution in [0.1, 0.15) is 42.5 Å². The van der Waals surface area contributed by atoms with Crippen molar-refractivity contribution in [2.45, 2.75) is 38.5 Å². The number of nitrogens with one attached hydrogen (secondary N) is 1. The Morgan fingerprint density at radius 1 is 1.36 bits per heavy atom. The minimum Gasteiger partial charge on any atom is -0.497 e. The summed E-state index contributed by atoms with van der Waals surface area (Å²) in [5.41, 5.74) is 1.52. The number of carbonyl (C=O) groups is 2. The highest BCUT2D eigenvalue weighted by Gasteiger charge is 2.35. The normalized spacial score (nSPS) is 19.9. The lowest BCUT2D eigenvalue weighted by Gasteiger charge is -2.35. The van der Waals surface area contributed by atoms with Gasteiger partial charge >= 0.3 is 0 Å². The molecule has 1 saturated heterocycles. The molecule has 1 atom stereocenters. The van der Waals surface area contributed by atoms with Crippen LogP contribution in [0.4, 0.5) is 5.69 Å². The Hall–Kier alpha value is -2.90. The fraction of sp³-hybridized carbons (Fsp3) is 0.500. The molecular weight excluding hydrogens is 360 g/mol. The van der Waals surface area contributed by atoms with Crippen LogP contribution in [0.15, 0.2) is 22.7 Å². The van der Waals surface area contributed by atoms with Crippen LogP contribution < -0.4 is 10.1 Å². The van der Waals surface area contributed by atoms with E-state index in [1.165, 1.54) is 0 Å². The molecule has 1 aromatic heterocycles. The lowest BCUT2D eigenvalue weighted by Crippen LogP contribution is -2.43. The Morgan fingerprint density at radius 3 is 2.82 bits per heavy atom. The van der Waals surface area contributed by atoms with Crippen molar-refractivity contribution >= 4 is 17.5 Å². The van der Waals surface area contributed by atoms with Crippen molar-refractivity contribution in [3.05, 3.63) is 35.5 Å². The summed E-state index contributed by atoms with van der Waals surface area (Å²) >= 11 is 0. The molecule has 0 unspecified atom stereocenters. The van der Waals surface area contributed by atoms with Crippen molar-refractivity contribution in [1.82, 2.24) is 15.0 Å². The van der Waals surface area contributed by atoms with Gasteiger partial charge in [-0.25, -0.2) is 0 Å². The Labute approximate surface area is 163 Å². The number of methoxy groups -OCH3 is 1. The summed E-state index contributed by atoms with van der Waals surface area (Å²) < 4.78 is 10.5. The average molecular weight is 384 g/mol. The second-order valence-electron chi connectivity index (χ2n) is 7.47. The lowest BCUT2D eigenvalue weighted by molar-refractivity contribution is -0.136. The number of likely N-dealkylation sites (tertiary alicyclic amines) is 1. The number of aromatic nitrogens is 2. The smallest absolute Gasteiger partial charge is 0.230 e. The summed E-state index contributed by atoms with van der Waals surface area (Å²) in [5.74, 6) is 1.83. The van der Waals surface area contributed by atoms with Crippen LogP contribution in [0.25, 0.3) is 0 Å². The molecule has 8 heteroatoms. The van der Waals surface area contributed by atoms with Crippen LogP contribution in [0.5, 0.6) is 5.75 Å². The molecule has 0 radical (unpaired) electrons. The van der Waals surface area contributed by atoms with E-state index in [1.54, 1.807) is 26.2 Å². The molecule has 0 aliphatic carbocycles. The third kappa shape index (κ3) is 3.72. The minimum atomic E-state index is -0.464. The molecule has 2 aliphatic rings. The largest absolute Gasteiger partial charge is 0.497 e. The quantitative estimate of drug-likeness (QED) is 0.869. The second-order valence-corrected chi connectivity index (χ2v) is 7.47. The zero-order chi connectivity index (χ0) is 19.7. The van der Waals surface area contributed by atoms with E-state index in [-0.39, 0.29) is 18.2 Å². The third-order valence-electron chi connectivity index (χ3n) is 5.55. The lowest BCUT2D eigenvalue weighted by atomic mass is 9.87. The predicted molar refractivity (Wildman–Crippen MR) is 101 cm³/mol. The number of benzene rings is 1. The van der Waals surface area contributed by atoms with E-state index < -0.39 is 5.92 Å². The number of hydrogen-bond acceptors (Lipinski definition) is 6. The SMILES string of the molecule is COc1ccc2c(c1)[C@@H](C(=O)N1CCC(Cc3nc(C)no3)CC1)CC(=O)N2. The topological polar surface area (TPSA) is 97.6 Å². The minimum absolute atomic E-state index is 0.0106. The van der Waals surface area contributed by atoms with Gasteiger partial charge in [0.2, 0.25) is 17.7 Å². The number of hydrogen-bond donors (Lipinski definition) is 1. The second kappa shape index (κ2) is 7.61. The summed E-state index contributed by atoms with van der Waals surface area (Å²) in [5, 5.41) is 6.68. The number of amides is 2. The first-order valence-electron chi connectivity index (χ1n) is 9.59. The molecule has 28 heavy (non-hydrogen) atoms. The molecule has 1 aromatic carbocycles. The molecule has 1 N–H and O–H groups in total. The maximum Gasteiger partial charge on any atom is 0.230 e. The van der Waals surface area contributed by atoms with Gasteiger partial charge in [-0.3, -0.25) is 9.59 Å². The Morgan fingerprint density at radius 2 is 2.14 bits per heavy atom. The highest BCUT2D eigenvalue weighted by molar-refractivity contribution is 6.01. The van der Waals surface area contributed by atoms with Crippen molar-refractivity contribution in [1.29, 1.82) is 0 Å². The van der Waals surface area contributed by atoms with Gasteiger partial charge in [0.25, 0.3) is 0 Å². The van der Waals surface area contributed by atoms with E-state index in [1.807, 2.05) is 11.0 Å². The summed E-state index contributed by atoms with van der Waals surface area (Å²) in [7, 11) is 1.59. The van der Waals surface area contributed by atoms with Gasteiger partial charge in [-0.15, -0.1) is 0 Å². The third-order valence-corrected chi connectivity index (χ3v) is 5.55. The number of piperidine rings is 1. The number of nitrogens with zero attached hydrogens (tertiary/aromatic N) is 3. The van der Waals surface area contributed by atoms with Crippen LogP contribution in [-0.4, -0.2) is 47.1 Å². The first-order chi connectivity index (χ1) is 13.5. The maximum atomic E-state index is 13.2. The van der Waals surface area contributed by atoms with Crippen molar-refractivity contribution < 1.29 is 18.8 Å². The fourth-order valence-corrected chi connectivity index (χ4v) is 4.03. The molecule has 0 bridgehead atoms. The standard InChI is InChI=1S/C20H24N4O4/c1-12-21-19(28-23-12)9-13-5-7-24(8-6-13)20(26)16-11-18(25)22-17-4-3-14(27-2)10-15(16)17/h3-4,10,13,16H,5-9,11H2,1-2H3,(H,22,25)/t16-/m0/s1. The van der Waals surface area contributed by atoms with Gasteiger partial charge in [0, 0.05) is 31.6 Å². The molecule has 8 nitrogen and oxygen atoms in total. The van der Waals surface area contributed by atoms with Gasteiger partial charge in [0.15, 0.2) is 5.82 Å². The van der Waals surface area contributed by atoms with E-state index >= 15 is 0 Å². The van der Waals surface area contributed by atoms with Crippen molar-refractivity contribution in [3.8, 4) is 5.75 Å². The van der Waals surface area contributed by atoms with E-state index in [2.05, 4.69) is 15.5 Å². The predicted octanol–water partition coefficient (Wildman–Crippen LogP) is 2.29. The van der Waals surface area contributed by atoms with Crippen molar-refractivity contribution in [2.24, 2.45) is 5.92 Å². The number of ether oxygens (including phenoxy) is 1. The van der Waals surface area contributed by atoms with E-state index in [4.69, 9.17) is 9.26 Å². The number of fused-ring (bicyclic) bond motifs is 1. The highest BCUT2D eigenvalue weighted by Crippen LogP contribution is 2.36. The summed E-state index contributed by atoms with van der Waals surface area (Å²) in [6, 6.07) is 5.43. The van der Waals surface area contributed by atoms with Gasteiger partial charge in [-0.1, -0.05) is 5.16 Å². The first-order valence-corrected chi connectivity index (χ1v) is 9.59. The Bertz CT molecular complexity index is 886. The summed E-state index contributed by atoms with van der Waals surface area (Å²) in [4.78, 5) is 31.4. The van der Waals surface area contributed by atoms with Crippen LogP contribution in [0.3, 0.4) is 0 Å². The molecule has 148 valence electrons. The number of carbonyl (C=O) groups excluding carboxylic acids is 2. The molecule has 0 spiro atoms. The first kappa shape index (κ1) is 18.5. The van der Waals surface area contributed by atoms with Crippen LogP contribution >= 0.6 is 0 Å². The van der Waals surface area contributed by atoms with Crippen LogP contribution in [0, 0.1) is 12.8 Å². The molecule has 2 aliphatic heterocycles. The van der Waals surface area contributed by atoms with Gasteiger partial charge in [-0.2, -0.15) is 4.98 Å². The molecule has 4 rings (SSSR count). The van der Waals surface area contributed by atoms with Gasteiger partial charge in [0.05, 0.1) is 13.0 Å². The molecule has 2 amide bonds. The van der Waals surface area contributed by atoms with Crippen LogP contribution in [0.2, 0.25) is 0 Å². The number of anilines is 1. The summed E-state index contributed by atoms with van der Waals surface area (Å²) in [6.45, 7) is 3.16. The van der Waals surface area contributed by atoms with E-state index in [0.29, 0.717) is 42.2 Å². The number of rotatable bonds is 4. The van der Waals surface area contributed by atoms with E-state index in [0.717, 1.165) is 24.8 Å². The number of aryl methyl sites for hydroxylation is 1. The zero-order valence-electron chi connectivity index (χ0n) is 16.1. The van der Waals surface area contributed by atoms with Gasteiger partial charge in [-0.05, 0) is 49.4 Å². The van der Waals surface area contributed by atoms with Gasteiger partial charge < -0.3 is 19.5 Å². The monoisotopic (exact) mass is 384 g/mol. The van der Waals surface area contributed by atoms with Crippen molar-refractivity contribution in [2.75, 3.05) is 25.5 Å². The van der Waals surface area contributed by atoms with Crippen LogP contribution in [-0.2, 0) is 16.0 Å². The van der Waals surface area contributed by atoms with Gasteiger partial charge in [0.1, 0.15) is 5.75 Å². The highest BCUT2D eigenvalue weighted by atomic mass is 16.5. The van der Waals surface area contributed by atoms with E-state index in [9.17, 15) is 9.59 Å². The molecule has 2 aromatic rings. The summed E-state index contributed by atoms with van der Waals surface area (Å²) in [6.07, 6.45) is 2.68. The molecule has 0 saturated carbocycles.